The van der Waals surface area contributed by atoms with Crippen LogP contribution in [0.15, 0.2) is 35.1 Å². The van der Waals surface area contributed by atoms with Crippen molar-refractivity contribution in [1.82, 2.24) is 9.36 Å². The first kappa shape index (κ1) is 15.1. The molecule has 0 aliphatic heterocycles. The Bertz CT molecular complexity index is 698. The van der Waals surface area contributed by atoms with E-state index in [1.807, 2.05) is 58.2 Å². The summed E-state index contributed by atoms with van der Waals surface area (Å²) in [4.78, 5) is 24.6. The molecule has 0 saturated carbocycles. The number of benzene rings is 1. The molecule has 112 valence electrons. The zero-order valence-electron chi connectivity index (χ0n) is 12.9. The number of hydrogen-bond donors (Lipinski definition) is 1. The van der Waals surface area contributed by atoms with Crippen LogP contribution in [-0.4, -0.2) is 15.3 Å². The van der Waals surface area contributed by atoms with Crippen molar-refractivity contribution in [3.8, 4) is 5.69 Å². The zero-order valence-corrected chi connectivity index (χ0v) is 12.9. The van der Waals surface area contributed by atoms with Gasteiger partial charge in [-0.05, 0) is 25.5 Å². The highest BCUT2D eigenvalue weighted by molar-refractivity contribution is 5.92. The minimum absolute atomic E-state index is 0.116. The fourth-order valence-corrected chi connectivity index (χ4v) is 2.14. The molecule has 5 nitrogen and oxygen atoms in total. The predicted molar refractivity (Wildman–Crippen MR) is 83.8 cm³/mol. The smallest absolute Gasteiger partial charge is 0.295 e. The topological polar surface area (TPSA) is 56.0 Å². The Kier molecular flexibility index (Phi) is 4.31. The summed E-state index contributed by atoms with van der Waals surface area (Å²) in [5.74, 6) is -0.238. The van der Waals surface area contributed by atoms with Crippen LogP contribution in [0.3, 0.4) is 0 Å². The first-order valence-electron chi connectivity index (χ1n) is 7.12. The molecule has 1 amide bonds. The second kappa shape index (κ2) is 5.99. The first-order chi connectivity index (χ1) is 9.97. The summed E-state index contributed by atoms with van der Waals surface area (Å²) in [6.45, 7) is 5.63. The van der Waals surface area contributed by atoms with E-state index in [-0.39, 0.29) is 17.4 Å². The van der Waals surface area contributed by atoms with Crippen molar-refractivity contribution in [3.63, 3.8) is 0 Å². The third kappa shape index (κ3) is 2.77. The maximum Gasteiger partial charge on any atom is 0.295 e. The van der Waals surface area contributed by atoms with Gasteiger partial charge >= 0.3 is 0 Å². The van der Waals surface area contributed by atoms with Gasteiger partial charge in [0.15, 0.2) is 0 Å². The Hall–Kier alpha value is -2.30. The molecular formula is C16H21N3O2. The average molecular weight is 287 g/mol. The van der Waals surface area contributed by atoms with Gasteiger partial charge in [-0.2, -0.15) is 0 Å². The minimum atomic E-state index is -0.210. The molecule has 1 atom stereocenters. The molecule has 2 aromatic rings. The molecule has 0 fully saturated rings. The van der Waals surface area contributed by atoms with Gasteiger partial charge in [-0.3, -0.25) is 14.3 Å². The van der Waals surface area contributed by atoms with Crippen LogP contribution in [0.2, 0.25) is 0 Å². The Morgan fingerprint density at radius 3 is 2.48 bits per heavy atom. The number of anilines is 1. The van der Waals surface area contributed by atoms with E-state index in [9.17, 15) is 9.59 Å². The second-order valence-corrected chi connectivity index (χ2v) is 5.24. The quantitative estimate of drug-likeness (QED) is 0.939. The molecule has 1 unspecified atom stereocenters. The van der Waals surface area contributed by atoms with E-state index >= 15 is 0 Å². The number of carbonyl (C=O) groups is 1. The molecule has 21 heavy (non-hydrogen) atoms. The first-order valence-corrected chi connectivity index (χ1v) is 7.12. The molecule has 0 spiro atoms. The summed E-state index contributed by atoms with van der Waals surface area (Å²) in [6, 6.07) is 9.38. The monoisotopic (exact) mass is 287 g/mol. The van der Waals surface area contributed by atoms with Crippen LogP contribution in [-0.2, 0) is 11.8 Å². The molecule has 0 bridgehead atoms. The van der Waals surface area contributed by atoms with Gasteiger partial charge in [0.1, 0.15) is 5.69 Å². The van der Waals surface area contributed by atoms with Gasteiger partial charge in [-0.25, -0.2) is 4.68 Å². The standard InChI is InChI=1S/C16H21N3O2/c1-5-11(2)15(20)17-14-12(3)18(4)19(16(14)21)13-9-7-6-8-10-13/h6-11H,5H2,1-4H3,(H,17,20). The van der Waals surface area contributed by atoms with Crippen LogP contribution in [0.25, 0.3) is 5.69 Å². The van der Waals surface area contributed by atoms with Gasteiger partial charge in [0.05, 0.1) is 11.4 Å². The van der Waals surface area contributed by atoms with Crippen molar-refractivity contribution in [2.75, 3.05) is 5.32 Å². The lowest BCUT2D eigenvalue weighted by molar-refractivity contribution is -0.119. The lowest BCUT2D eigenvalue weighted by atomic mass is 10.1. The van der Waals surface area contributed by atoms with Crippen LogP contribution in [0, 0.1) is 12.8 Å². The zero-order chi connectivity index (χ0) is 15.6. The Morgan fingerprint density at radius 1 is 1.29 bits per heavy atom. The molecule has 5 heteroatoms. The molecular weight excluding hydrogens is 266 g/mol. The van der Waals surface area contributed by atoms with Crippen molar-refractivity contribution in [1.29, 1.82) is 0 Å². The fourth-order valence-electron chi connectivity index (χ4n) is 2.14. The third-order valence-electron chi connectivity index (χ3n) is 3.86. The summed E-state index contributed by atoms with van der Waals surface area (Å²) in [7, 11) is 1.81. The molecule has 0 aliphatic carbocycles. The van der Waals surface area contributed by atoms with Crippen molar-refractivity contribution in [2.45, 2.75) is 27.2 Å². The van der Waals surface area contributed by atoms with E-state index in [0.29, 0.717) is 5.69 Å². The number of para-hydroxylation sites is 1. The number of rotatable bonds is 4. The summed E-state index contributed by atoms with van der Waals surface area (Å²) >= 11 is 0. The summed E-state index contributed by atoms with van der Waals surface area (Å²) < 4.78 is 3.31. The van der Waals surface area contributed by atoms with Gasteiger partial charge < -0.3 is 5.32 Å². The molecule has 0 aliphatic rings. The number of nitrogens with zero attached hydrogens (tertiary/aromatic N) is 2. The highest BCUT2D eigenvalue weighted by atomic mass is 16.2. The average Bonchev–Trinajstić information content (AvgIpc) is 2.71. The van der Waals surface area contributed by atoms with Crippen molar-refractivity contribution < 1.29 is 4.79 Å². The predicted octanol–water partition coefficient (Wildman–Crippen LogP) is 2.47. The van der Waals surface area contributed by atoms with E-state index < -0.39 is 0 Å². The van der Waals surface area contributed by atoms with Crippen molar-refractivity contribution >= 4 is 11.6 Å². The summed E-state index contributed by atoms with van der Waals surface area (Å²) in [6.07, 6.45) is 0.741. The van der Waals surface area contributed by atoms with Gasteiger partial charge in [-0.1, -0.05) is 32.0 Å². The summed E-state index contributed by atoms with van der Waals surface area (Å²) in [5.41, 5.74) is 1.65. The van der Waals surface area contributed by atoms with E-state index in [0.717, 1.165) is 17.8 Å². The van der Waals surface area contributed by atoms with Gasteiger partial charge in [0.25, 0.3) is 5.56 Å². The molecule has 1 N–H and O–H groups in total. The number of amides is 1. The number of nitrogens with one attached hydrogen (secondary N) is 1. The molecule has 0 saturated heterocycles. The highest BCUT2D eigenvalue weighted by Gasteiger charge is 2.19. The number of carbonyl (C=O) groups excluding carboxylic acids is 1. The van der Waals surface area contributed by atoms with Gasteiger partial charge in [-0.15, -0.1) is 0 Å². The summed E-state index contributed by atoms with van der Waals surface area (Å²) in [5, 5.41) is 2.77. The maximum atomic E-state index is 12.6. The van der Waals surface area contributed by atoms with Crippen LogP contribution in [0.4, 0.5) is 5.69 Å². The van der Waals surface area contributed by atoms with Gasteiger partial charge in [0.2, 0.25) is 5.91 Å². The third-order valence-corrected chi connectivity index (χ3v) is 3.86. The molecule has 1 heterocycles. The van der Waals surface area contributed by atoms with Crippen molar-refractivity contribution in [2.24, 2.45) is 13.0 Å². The van der Waals surface area contributed by atoms with E-state index in [1.54, 1.807) is 9.36 Å². The second-order valence-electron chi connectivity index (χ2n) is 5.24. The van der Waals surface area contributed by atoms with E-state index in [1.165, 1.54) is 0 Å². The van der Waals surface area contributed by atoms with Crippen LogP contribution >= 0.6 is 0 Å². The number of aromatic nitrogens is 2. The molecule has 0 radical (unpaired) electrons. The van der Waals surface area contributed by atoms with Crippen molar-refractivity contribution in [3.05, 3.63) is 46.4 Å². The Labute approximate surface area is 124 Å². The Morgan fingerprint density at radius 2 is 1.90 bits per heavy atom. The molecule has 1 aromatic heterocycles. The normalized spacial score (nSPS) is 12.2. The SMILES string of the molecule is CCC(C)C(=O)Nc1c(C)n(C)n(-c2ccccc2)c1=O. The maximum absolute atomic E-state index is 12.6. The lowest BCUT2D eigenvalue weighted by Crippen LogP contribution is -2.25. The Balaban J connectivity index is 2.47. The minimum Gasteiger partial charge on any atom is -0.320 e. The van der Waals surface area contributed by atoms with Gasteiger partial charge in [0, 0.05) is 13.0 Å². The fraction of sp³-hybridized carbons (Fsp3) is 0.375. The highest BCUT2D eigenvalue weighted by Crippen LogP contribution is 2.15. The molecule has 1 aromatic carbocycles. The molecule has 2 rings (SSSR count). The van der Waals surface area contributed by atoms with Crippen LogP contribution in [0.1, 0.15) is 26.0 Å². The number of hydrogen-bond acceptors (Lipinski definition) is 2. The largest absolute Gasteiger partial charge is 0.320 e. The van der Waals surface area contributed by atoms with Crippen LogP contribution in [0.5, 0.6) is 0 Å². The lowest BCUT2D eigenvalue weighted by Gasteiger charge is -2.08. The van der Waals surface area contributed by atoms with E-state index in [4.69, 9.17) is 0 Å². The van der Waals surface area contributed by atoms with E-state index in [2.05, 4.69) is 5.32 Å². The van der Waals surface area contributed by atoms with Crippen LogP contribution < -0.4 is 10.9 Å².